The van der Waals surface area contributed by atoms with Crippen LogP contribution in [0.4, 0.5) is 10.5 Å². The van der Waals surface area contributed by atoms with Crippen LogP contribution in [-0.2, 0) is 9.59 Å². The van der Waals surface area contributed by atoms with Gasteiger partial charge in [0.15, 0.2) is 11.5 Å². The van der Waals surface area contributed by atoms with Crippen LogP contribution in [0, 0.1) is 13.8 Å². The van der Waals surface area contributed by atoms with Crippen LogP contribution in [0.1, 0.15) is 17.0 Å². The fourth-order valence-corrected chi connectivity index (χ4v) is 4.20. The van der Waals surface area contributed by atoms with Gasteiger partial charge in [-0.05, 0) is 61.9 Å². The van der Waals surface area contributed by atoms with Crippen molar-refractivity contribution in [2.75, 3.05) is 11.7 Å². The molecular weight excluding hydrogens is 446 g/mol. The van der Waals surface area contributed by atoms with Gasteiger partial charge in [0.2, 0.25) is 6.79 Å². The maximum Gasteiger partial charge on any atom is 0.335 e. The Morgan fingerprint density at radius 3 is 2.55 bits per heavy atom. The summed E-state index contributed by atoms with van der Waals surface area (Å²) < 4.78 is 12.6. The first-order valence-electron chi connectivity index (χ1n) is 10.1. The number of rotatable bonds is 3. The number of ether oxygens (including phenoxy) is 2. The molecule has 1 aromatic heterocycles. The van der Waals surface area contributed by atoms with Gasteiger partial charge in [-0.3, -0.25) is 14.9 Å². The number of hydrogen-bond donors (Lipinski definition) is 1. The summed E-state index contributed by atoms with van der Waals surface area (Å²) in [6.07, 6.45) is 1.49. The van der Waals surface area contributed by atoms with E-state index in [1.807, 2.05) is 42.7 Å². The molecule has 3 heterocycles. The Bertz CT molecular complexity index is 1370. The third kappa shape index (κ3) is 3.54. The van der Waals surface area contributed by atoms with E-state index in [1.54, 1.807) is 18.2 Å². The van der Waals surface area contributed by atoms with E-state index >= 15 is 0 Å². The summed E-state index contributed by atoms with van der Waals surface area (Å²) in [4.78, 5) is 39.3. The second-order valence-electron chi connectivity index (χ2n) is 7.64. The molecule has 0 saturated carbocycles. The van der Waals surface area contributed by atoms with Crippen LogP contribution < -0.4 is 19.7 Å². The average molecular weight is 464 g/mol. The lowest BCUT2D eigenvalue weighted by Gasteiger charge is -2.26. The van der Waals surface area contributed by atoms with Gasteiger partial charge in [-0.15, -0.1) is 0 Å². The summed E-state index contributed by atoms with van der Waals surface area (Å²) >= 11 is 6.15. The summed E-state index contributed by atoms with van der Waals surface area (Å²) in [6.45, 7) is 3.86. The first kappa shape index (κ1) is 20.8. The number of halogens is 1. The van der Waals surface area contributed by atoms with E-state index in [9.17, 15) is 14.4 Å². The smallest absolute Gasteiger partial charge is 0.335 e. The van der Waals surface area contributed by atoms with E-state index < -0.39 is 17.8 Å². The third-order valence-electron chi connectivity index (χ3n) is 5.55. The maximum atomic E-state index is 13.2. The standard InChI is InChI=1S/C24H18ClN3O5/c1-13-8-15(14(2)27(13)17-5-3-4-16(25)10-17)9-19-22(29)26-24(31)28(23(19)30)18-6-7-20-21(11-18)33-12-32-20/h3-11H,12H2,1-2H3,(H,26,29,31)/b19-9+. The topological polar surface area (TPSA) is 89.9 Å². The molecule has 5 rings (SSSR count). The average Bonchev–Trinajstić information content (AvgIpc) is 3.34. The molecule has 1 fully saturated rings. The highest BCUT2D eigenvalue weighted by molar-refractivity contribution is 6.39. The van der Waals surface area contributed by atoms with Crippen molar-refractivity contribution in [3.63, 3.8) is 0 Å². The molecule has 8 nitrogen and oxygen atoms in total. The van der Waals surface area contributed by atoms with Crippen molar-refractivity contribution in [3.05, 3.63) is 76.1 Å². The summed E-state index contributed by atoms with van der Waals surface area (Å²) in [7, 11) is 0. The molecule has 4 amide bonds. The number of barbiturate groups is 1. The van der Waals surface area contributed by atoms with Crippen LogP contribution in [0.2, 0.25) is 5.02 Å². The van der Waals surface area contributed by atoms with Gasteiger partial charge in [0.05, 0.1) is 5.69 Å². The number of hydrogen-bond acceptors (Lipinski definition) is 5. The molecule has 33 heavy (non-hydrogen) atoms. The zero-order valence-electron chi connectivity index (χ0n) is 17.7. The molecule has 166 valence electrons. The van der Waals surface area contributed by atoms with Crippen molar-refractivity contribution in [3.8, 4) is 17.2 Å². The molecule has 1 saturated heterocycles. The van der Waals surface area contributed by atoms with Gasteiger partial charge in [-0.1, -0.05) is 17.7 Å². The van der Waals surface area contributed by atoms with Gasteiger partial charge in [-0.2, -0.15) is 0 Å². The number of urea groups is 1. The predicted molar refractivity (Wildman–Crippen MR) is 122 cm³/mol. The zero-order chi connectivity index (χ0) is 23.3. The Kier molecular flexibility index (Phi) is 4.94. The van der Waals surface area contributed by atoms with E-state index in [2.05, 4.69) is 5.32 Å². The second kappa shape index (κ2) is 7.83. The fraction of sp³-hybridized carbons (Fsp3) is 0.125. The van der Waals surface area contributed by atoms with Crippen molar-refractivity contribution in [1.82, 2.24) is 9.88 Å². The molecule has 0 radical (unpaired) electrons. The van der Waals surface area contributed by atoms with Crippen LogP contribution in [0.3, 0.4) is 0 Å². The van der Waals surface area contributed by atoms with Crippen molar-refractivity contribution in [2.24, 2.45) is 0 Å². The number of imide groups is 2. The first-order valence-corrected chi connectivity index (χ1v) is 10.5. The van der Waals surface area contributed by atoms with Crippen LogP contribution in [0.25, 0.3) is 11.8 Å². The predicted octanol–water partition coefficient (Wildman–Crippen LogP) is 4.14. The van der Waals surface area contributed by atoms with Crippen molar-refractivity contribution in [2.45, 2.75) is 13.8 Å². The maximum absolute atomic E-state index is 13.2. The van der Waals surface area contributed by atoms with Crippen LogP contribution in [0.15, 0.2) is 54.1 Å². The molecule has 2 aliphatic rings. The first-order chi connectivity index (χ1) is 15.8. The molecule has 0 aliphatic carbocycles. The van der Waals surface area contributed by atoms with Crippen molar-refractivity contribution >= 4 is 41.2 Å². The number of benzene rings is 2. The number of anilines is 1. The number of aromatic nitrogens is 1. The summed E-state index contributed by atoms with van der Waals surface area (Å²) in [5.41, 5.74) is 3.36. The lowest BCUT2D eigenvalue weighted by Crippen LogP contribution is -2.54. The van der Waals surface area contributed by atoms with Crippen molar-refractivity contribution in [1.29, 1.82) is 0 Å². The minimum atomic E-state index is -0.828. The van der Waals surface area contributed by atoms with Crippen molar-refractivity contribution < 1.29 is 23.9 Å². The number of fused-ring (bicyclic) bond motifs is 1. The summed E-state index contributed by atoms with van der Waals surface area (Å²) in [5.74, 6) is -0.547. The Hall–Kier alpha value is -4.04. The normalized spacial score (nSPS) is 16.5. The van der Waals surface area contributed by atoms with E-state index in [0.29, 0.717) is 22.1 Å². The van der Waals surface area contributed by atoms with Gasteiger partial charge in [0, 0.05) is 28.2 Å². The molecular formula is C24H18ClN3O5. The van der Waals surface area contributed by atoms with Crippen LogP contribution in [0.5, 0.6) is 11.5 Å². The van der Waals surface area contributed by atoms with Gasteiger partial charge in [0.1, 0.15) is 5.57 Å². The SMILES string of the molecule is Cc1cc(/C=C2\C(=O)NC(=O)N(c3ccc4c(c3)OCO4)C2=O)c(C)n1-c1cccc(Cl)c1. The third-order valence-corrected chi connectivity index (χ3v) is 5.79. The summed E-state index contributed by atoms with van der Waals surface area (Å²) in [6, 6.07) is 13.1. The Labute approximate surface area is 194 Å². The van der Waals surface area contributed by atoms with E-state index in [4.69, 9.17) is 21.1 Å². The minimum absolute atomic E-state index is 0.0603. The highest BCUT2D eigenvalue weighted by Gasteiger charge is 2.37. The second-order valence-corrected chi connectivity index (χ2v) is 8.07. The molecule has 2 aromatic carbocycles. The summed E-state index contributed by atoms with van der Waals surface area (Å²) in [5, 5.41) is 2.84. The zero-order valence-corrected chi connectivity index (χ0v) is 18.5. The number of carbonyl (C=O) groups is 3. The van der Waals surface area contributed by atoms with E-state index in [0.717, 1.165) is 22.0 Å². The van der Waals surface area contributed by atoms with Crippen LogP contribution >= 0.6 is 11.6 Å². The quantitative estimate of drug-likeness (QED) is 0.465. The molecule has 3 aromatic rings. The molecule has 0 bridgehead atoms. The molecule has 9 heteroatoms. The van der Waals surface area contributed by atoms with E-state index in [-0.39, 0.29) is 18.1 Å². The highest BCUT2D eigenvalue weighted by atomic mass is 35.5. The largest absolute Gasteiger partial charge is 0.454 e. The Balaban J connectivity index is 1.54. The van der Waals surface area contributed by atoms with Gasteiger partial charge >= 0.3 is 6.03 Å². The number of amides is 4. The molecule has 1 N–H and O–H groups in total. The van der Waals surface area contributed by atoms with Crippen LogP contribution in [-0.4, -0.2) is 29.2 Å². The Morgan fingerprint density at radius 2 is 1.76 bits per heavy atom. The van der Waals surface area contributed by atoms with Gasteiger partial charge in [0.25, 0.3) is 11.8 Å². The minimum Gasteiger partial charge on any atom is -0.454 e. The number of aryl methyl sites for hydroxylation is 1. The molecule has 0 atom stereocenters. The molecule has 2 aliphatic heterocycles. The number of nitrogens with zero attached hydrogens (tertiary/aromatic N) is 2. The highest BCUT2D eigenvalue weighted by Crippen LogP contribution is 2.36. The Morgan fingerprint density at radius 1 is 0.970 bits per heavy atom. The monoisotopic (exact) mass is 463 g/mol. The van der Waals surface area contributed by atoms with E-state index in [1.165, 1.54) is 12.1 Å². The molecule has 0 unspecified atom stereocenters. The number of nitrogens with one attached hydrogen (secondary N) is 1. The van der Waals surface area contributed by atoms with Gasteiger partial charge in [-0.25, -0.2) is 9.69 Å². The molecule has 0 spiro atoms. The lowest BCUT2D eigenvalue weighted by molar-refractivity contribution is -0.122. The fourth-order valence-electron chi connectivity index (χ4n) is 4.02. The van der Waals surface area contributed by atoms with Gasteiger partial charge < -0.3 is 14.0 Å². The lowest BCUT2D eigenvalue weighted by atomic mass is 10.1. The number of carbonyl (C=O) groups excluding carboxylic acids is 3.